The zero-order valence-electron chi connectivity index (χ0n) is 19.0. The normalized spacial score (nSPS) is 10.9. The van der Waals surface area contributed by atoms with Crippen molar-refractivity contribution < 1.29 is 9.59 Å². The number of anilines is 1. The summed E-state index contributed by atoms with van der Waals surface area (Å²) < 4.78 is 2.12. The second-order valence-corrected chi connectivity index (χ2v) is 8.17. The van der Waals surface area contributed by atoms with E-state index in [1.54, 1.807) is 44.6 Å². The lowest BCUT2D eigenvalue weighted by atomic mass is 10.1. The summed E-state index contributed by atoms with van der Waals surface area (Å²) in [4.78, 5) is 30.8. The van der Waals surface area contributed by atoms with Crippen molar-refractivity contribution >= 4 is 28.4 Å². The molecular weight excluding hydrogens is 414 g/mol. The largest absolute Gasteiger partial charge is 0.350 e. The van der Waals surface area contributed by atoms with Crippen molar-refractivity contribution in [3.8, 4) is 0 Å². The summed E-state index contributed by atoms with van der Waals surface area (Å²) in [7, 11) is 5.46. The average molecular weight is 442 g/mol. The van der Waals surface area contributed by atoms with Crippen molar-refractivity contribution in [1.29, 1.82) is 0 Å². The van der Waals surface area contributed by atoms with Gasteiger partial charge in [0.05, 0.1) is 0 Å². The van der Waals surface area contributed by atoms with Gasteiger partial charge in [-0.15, -0.1) is 0 Å². The lowest BCUT2D eigenvalue weighted by molar-refractivity contribution is 0.0827. The highest BCUT2D eigenvalue weighted by molar-refractivity contribution is 6.04. The number of amides is 2. The first-order chi connectivity index (χ1) is 15.9. The Morgan fingerprint density at radius 2 is 1.79 bits per heavy atom. The fourth-order valence-corrected chi connectivity index (χ4v) is 3.85. The molecule has 2 aromatic heterocycles. The number of pyridine rings is 1. The first-order valence-corrected chi connectivity index (χ1v) is 10.7. The van der Waals surface area contributed by atoms with Crippen LogP contribution in [0, 0.1) is 0 Å². The number of aryl methyl sites for hydroxylation is 1. The van der Waals surface area contributed by atoms with Crippen LogP contribution < -0.4 is 10.6 Å². The molecule has 0 saturated carbocycles. The second kappa shape index (κ2) is 9.67. The fraction of sp³-hybridized carbons (Fsp3) is 0.192. The number of benzene rings is 2. The maximum Gasteiger partial charge on any atom is 0.274 e. The molecule has 33 heavy (non-hydrogen) atoms. The number of fused-ring (bicyclic) bond motifs is 1. The van der Waals surface area contributed by atoms with Gasteiger partial charge in [0, 0.05) is 68.8 Å². The molecule has 0 bridgehead atoms. The first kappa shape index (κ1) is 22.2. The minimum atomic E-state index is -0.320. The van der Waals surface area contributed by atoms with E-state index < -0.39 is 0 Å². The van der Waals surface area contributed by atoms with Gasteiger partial charge in [-0.25, -0.2) is 0 Å². The molecule has 0 spiro atoms. The molecule has 2 N–H and O–H groups in total. The number of rotatable bonds is 7. The molecule has 0 atom stereocenters. The molecule has 2 aromatic carbocycles. The molecule has 0 aliphatic rings. The molecule has 0 aliphatic heterocycles. The Bertz CT molecular complexity index is 1290. The van der Waals surface area contributed by atoms with E-state index in [1.807, 2.05) is 31.3 Å². The Balaban J connectivity index is 1.53. The van der Waals surface area contributed by atoms with E-state index >= 15 is 0 Å². The number of carbonyl (C=O) groups is 2. The Kier molecular flexibility index (Phi) is 6.51. The summed E-state index contributed by atoms with van der Waals surface area (Å²) in [6, 6.07) is 18.9. The van der Waals surface area contributed by atoms with Crippen LogP contribution in [0.25, 0.3) is 10.9 Å². The summed E-state index contributed by atoms with van der Waals surface area (Å²) in [5.74, 6) is -0.445. The Morgan fingerprint density at radius 1 is 1.00 bits per heavy atom. The molecule has 7 nitrogen and oxygen atoms in total. The SMILES string of the molecule is CN(C)C(=O)c1cc(CNCc2cn(C)c3ccccc23)cc(NC(=O)c2ccccn2)c1. The van der Waals surface area contributed by atoms with Crippen molar-refractivity contribution in [2.24, 2.45) is 7.05 Å². The number of nitrogens with one attached hydrogen (secondary N) is 2. The summed E-state index contributed by atoms with van der Waals surface area (Å²) in [5.41, 5.74) is 4.68. The van der Waals surface area contributed by atoms with Gasteiger partial charge in [-0.05, 0) is 47.5 Å². The zero-order valence-corrected chi connectivity index (χ0v) is 19.0. The summed E-state index contributed by atoms with van der Waals surface area (Å²) in [6.45, 7) is 1.23. The fourth-order valence-electron chi connectivity index (χ4n) is 3.85. The molecular formula is C26H27N5O2. The molecule has 2 amide bonds. The number of hydrogen-bond acceptors (Lipinski definition) is 4. The number of aromatic nitrogens is 2. The minimum Gasteiger partial charge on any atom is -0.350 e. The van der Waals surface area contributed by atoms with Crippen LogP contribution >= 0.6 is 0 Å². The lowest BCUT2D eigenvalue weighted by Gasteiger charge is -2.14. The van der Waals surface area contributed by atoms with E-state index in [4.69, 9.17) is 0 Å². The summed E-state index contributed by atoms with van der Waals surface area (Å²) in [6.07, 6.45) is 3.70. The minimum absolute atomic E-state index is 0.126. The zero-order chi connectivity index (χ0) is 23.4. The molecule has 2 heterocycles. The van der Waals surface area contributed by atoms with E-state index in [0.29, 0.717) is 30.0 Å². The number of carbonyl (C=O) groups excluding carboxylic acids is 2. The van der Waals surface area contributed by atoms with Gasteiger partial charge >= 0.3 is 0 Å². The summed E-state index contributed by atoms with van der Waals surface area (Å²) in [5, 5.41) is 7.55. The van der Waals surface area contributed by atoms with Crippen molar-refractivity contribution in [1.82, 2.24) is 19.8 Å². The van der Waals surface area contributed by atoms with Crippen molar-refractivity contribution in [2.45, 2.75) is 13.1 Å². The van der Waals surface area contributed by atoms with Crippen molar-refractivity contribution in [3.63, 3.8) is 0 Å². The average Bonchev–Trinajstić information content (AvgIpc) is 3.14. The van der Waals surface area contributed by atoms with E-state index in [0.717, 1.165) is 5.56 Å². The molecule has 168 valence electrons. The highest BCUT2D eigenvalue weighted by Gasteiger charge is 2.14. The van der Waals surface area contributed by atoms with Gasteiger partial charge in [-0.1, -0.05) is 24.3 Å². The molecule has 4 rings (SSSR count). The Morgan fingerprint density at radius 3 is 2.55 bits per heavy atom. The number of para-hydroxylation sites is 1. The standard InChI is InChI=1S/C26H27N5O2/c1-30(2)26(33)19-12-18(13-21(14-19)29-25(32)23-9-6-7-11-28-23)15-27-16-20-17-31(3)24-10-5-4-8-22(20)24/h4-14,17,27H,15-16H2,1-3H3,(H,29,32). The van der Waals surface area contributed by atoms with Crippen LogP contribution in [0.3, 0.4) is 0 Å². The van der Waals surface area contributed by atoms with Gasteiger partial charge in [-0.2, -0.15) is 0 Å². The number of hydrogen-bond donors (Lipinski definition) is 2. The third-order valence-corrected chi connectivity index (χ3v) is 5.43. The van der Waals surface area contributed by atoms with E-state index in [2.05, 4.69) is 38.5 Å². The molecule has 0 radical (unpaired) electrons. The van der Waals surface area contributed by atoms with Crippen LogP contribution in [0.4, 0.5) is 5.69 Å². The quantitative estimate of drug-likeness (QED) is 0.457. The van der Waals surface area contributed by atoms with Crippen LogP contribution in [0.1, 0.15) is 32.0 Å². The maximum atomic E-state index is 12.6. The summed E-state index contributed by atoms with van der Waals surface area (Å²) >= 11 is 0. The van der Waals surface area contributed by atoms with Crippen molar-refractivity contribution in [2.75, 3.05) is 19.4 Å². The highest BCUT2D eigenvalue weighted by Crippen LogP contribution is 2.21. The van der Waals surface area contributed by atoms with Gasteiger partial charge in [-0.3, -0.25) is 14.6 Å². The highest BCUT2D eigenvalue weighted by atomic mass is 16.2. The Hall–Kier alpha value is -3.97. The lowest BCUT2D eigenvalue weighted by Crippen LogP contribution is -2.23. The van der Waals surface area contributed by atoms with Gasteiger partial charge in [0.15, 0.2) is 0 Å². The van der Waals surface area contributed by atoms with E-state index in [-0.39, 0.29) is 11.8 Å². The van der Waals surface area contributed by atoms with Crippen molar-refractivity contribution in [3.05, 3.63) is 95.4 Å². The van der Waals surface area contributed by atoms with Gasteiger partial charge in [0.1, 0.15) is 5.69 Å². The Labute approximate surface area is 193 Å². The van der Waals surface area contributed by atoms with E-state index in [1.165, 1.54) is 21.4 Å². The third-order valence-electron chi connectivity index (χ3n) is 5.43. The van der Waals surface area contributed by atoms with Crippen LogP contribution in [-0.2, 0) is 20.1 Å². The van der Waals surface area contributed by atoms with Crippen LogP contribution in [0.5, 0.6) is 0 Å². The molecule has 0 unspecified atom stereocenters. The predicted molar refractivity (Wildman–Crippen MR) is 130 cm³/mol. The smallest absolute Gasteiger partial charge is 0.274 e. The van der Waals surface area contributed by atoms with Crippen LogP contribution in [0.15, 0.2) is 73.1 Å². The van der Waals surface area contributed by atoms with Crippen LogP contribution in [0.2, 0.25) is 0 Å². The predicted octanol–water partition coefficient (Wildman–Crippen LogP) is 3.82. The third kappa shape index (κ3) is 5.10. The molecule has 0 saturated heterocycles. The monoisotopic (exact) mass is 441 g/mol. The van der Waals surface area contributed by atoms with Gasteiger partial charge < -0.3 is 20.1 Å². The van der Waals surface area contributed by atoms with Gasteiger partial charge in [0.2, 0.25) is 0 Å². The maximum absolute atomic E-state index is 12.6. The molecule has 4 aromatic rings. The molecule has 0 aliphatic carbocycles. The first-order valence-electron chi connectivity index (χ1n) is 10.7. The topological polar surface area (TPSA) is 79.3 Å². The van der Waals surface area contributed by atoms with E-state index in [9.17, 15) is 9.59 Å². The van der Waals surface area contributed by atoms with Crippen LogP contribution in [-0.4, -0.2) is 40.4 Å². The second-order valence-electron chi connectivity index (χ2n) is 8.17. The molecule has 7 heteroatoms. The molecule has 0 fully saturated rings. The number of nitrogens with zero attached hydrogens (tertiary/aromatic N) is 3. The van der Waals surface area contributed by atoms with Gasteiger partial charge in [0.25, 0.3) is 11.8 Å².